The monoisotopic (exact) mass is 411 g/mol. The Bertz CT molecular complexity index is 1230. The average Bonchev–Trinajstić information content (AvgIpc) is 3.41. The molecule has 10 heteroatoms. The lowest BCUT2D eigenvalue weighted by atomic mass is 9.95. The Morgan fingerprint density at radius 2 is 2.13 bits per heavy atom. The van der Waals surface area contributed by atoms with Crippen molar-refractivity contribution in [2.75, 3.05) is 18.9 Å². The first-order chi connectivity index (χ1) is 14.6. The quantitative estimate of drug-likeness (QED) is 0.535. The number of ether oxygens (including phenoxy) is 1. The second kappa shape index (κ2) is 7.60. The SMILES string of the molecule is Cn1c(=O)n(CCCC2CCCOCC2)c2nc(N)n3nc(-c4ccco4)nc3c21. The molecule has 4 aromatic heterocycles. The molecule has 0 aliphatic carbocycles. The molecule has 0 spiro atoms. The minimum absolute atomic E-state index is 0.128. The van der Waals surface area contributed by atoms with Crippen LogP contribution in [0.15, 0.2) is 27.6 Å². The third kappa shape index (κ3) is 3.17. The highest BCUT2D eigenvalue weighted by Gasteiger charge is 2.21. The van der Waals surface area contributed by atoms with Crippen molar-refractivity contribution < 1.29 is 9.15 Å². The molecule has 0 aromatic carbocycles. The van der Waals surface area contributed by atoms with Gasteiger partial charge in [0.05, 0.1) is 6.26 Å². The van der Waals surface area contributed by atoms with Gasteiger partial charge in [0.1, 0.15) is 5.52 Å². The third-order valence-corrected chi connectivity index (χ3v) is 5.88. The molecule has 0 saturated carbocycles. The molecular formula is C20H25N7O3. The zero-order chi connectivity index (χ0) is 20.7. The van der Waals surface area contributed by atoms with Crippen molar-refractivity contribution in [3.05, 3.63) is 28.9 Å². The maximum Gasteiger partial charge on any atom is 0.330 e. The number of furan rings is 1. The number of hydrogen-bond acceptors (Lipinski definition) is 7. The van der Waals surface area contributed by atoms with Gasteiger partial charge in [-0.3, -0.25) is 9.13 Å². The van der Waals surface area contributed by atoms with E-state index in [9.17, 15) is 4.79 Å². The zero-order valence-corrected chi connectivity index (χ0v) is 17.0. The molecule has 5 heterocycles. The van der Waals surface area contributed by atoms with Gasteiger partial charge in [-0.05, 0) is 50.2 Å². The van der Waals surface area contributed by atoms with Crippen LogP contribution in [0.5, 0.6) is 0 Å². The first-order valence-corrected chi connectivity index (χ1v) is 10.4. The van der Waals surface area contributed by atoms with Crippen molar-refractivity contribution in [3.63, 3.8) is 0 Å². The number of nitrogens with two attached hydrogens (primary N) is 1. The molecule has 158 valence electrons. The number of fused-ring (bicyclic) bond motifs is 3. The summed E-state index contributed by atoms with van der Waals surface area (Å²) in [7, 11) is 1.73. The molecule has 1 fully saturated rings. The number of nitrogens with zero attached hydrogens (tertiary/aromatic N) is 6. The highest BCUT2D eigenvalue weighted by molar-refractivity contribution is 5.88. The average molecular weight is 411 g/mol. The molecule has 5 rings (SSSR count). The number of aromatic nitrogens is 6. The van der Waals surface area contributed by atoms with Crippen molar-refractivity contribution in [2.24, 2.45) is 13.0 Å². The van der Waals surface area contributed by atoms with E-state index in [2.05, 4.69) is 15.1 Å². The predicted octanol–water partition coefficient (Wildman–Crippen LogP) is 2.22. The Balaban J connectivity index is 1.50. The van der Waals surface area contributed by atoms with Crippen LogP contribution in [0.3, 0.4) is 0 Å². The summed E-state index contributed by atoms with van der Waals surface area (Å²) < 4.78 is 15.7. The van der Waals surface area contributed by atoms with Gasteiger partial charge in [-0.15, -0.1) is 5.10 Å². The summed E-state index contributed by atoms with van der Waals surface area (Å²) in [6.45, 7) is 2.28. The molecule has 30 heavy (non-hydrogen) atoms. The Morgan fingerprint density at radius 3 is 2.97 bits per heavy atom. The van der Waals surface area contributed by atoms with Gasteiger partial charge >= 0.3 is 5.69 Å². The molecule has 1 saturated heterocycles. The van der Waals surface area contributed by atoms with Gasteiger partial charge in [0.25, 0.3) is 0 Å². The van der Waals surface area contributed by atoms with E-state index in [0.29, 0.717) is 40.9 Å². The molecule has 0 radical (unpaired) electrons. The number of hydrogen-bond donors (Lipinski definition) is 1. The van der Waals surface area contributed by atoms with E-state index in [0.717, 1.165) is 38.9 Å². The number of nitrogen functional groups attached to an aromatic ring is 1. The van der Waals surface area contributed by atoms with Gasteiger partial charge < -0.3 is 14.9 Å². The number of rotatable bonds is 5. The minimum Gasteiger partial charge on any atom is -0.461 e. The fourth-order valence-corrected chi connectivity index (χ4v) is 4.30. The summed E-state index contributed by atoms with van der Waals surface area (Å²) in [4.78, 5) is 22.0. The standard InChI is InChI=1S/C20H25N7O3/c1-25-15-17(26(20(25)28)9-2-5-13-6-3-10-29-12-8-13)23-19(21)27-18(15)22-16(24-27)14-7-4-11-30-14/h4,7,11,13H,2-3,5-6,8-10,12H2,1H3,(H2,21,23). The van der Waals surface area contributed by atoms with Crippen molar-refractivity contribution in [1.29, 1.82) is 0 Å². The van der Waals surface area contributed by atoms with E-state index < -0.39 is 0 Å². The van der Waals surface area contributed by atoms with Crippen LogP contribution in [-0.2, 0) is 18.3 Å². The lowest BCUT2D eigenvalue weighted by Gasteiger charge is -2.12. The number of aryl methyl sites for hydroxylation is 2. The molecule has 1 unspecified atom stereocenters. The topological polar surface area (TPSA) is 118 Å². The summed E-state index contributed by atoms with van der Waals surface area (Å²) in [5.74, 6) is 1.76. The number of imidazole rings is 1. The van der Waals surface area contributed by atoms with E-state index >= 15 is 0 Å². The zero-order valence-electron chi connectivity index (χ0n) is 17.0. The Kier molecular flexibility index (Phi) is 4.78. The van der Waals surface area contributed by atoms with E-state index in [1.165, 1.54) is 10.9 Å². The summed E-state index contributed by atoms with van der Waals surface area (Å²) in [5, 5.41) is 4.40. The van der Waals surface area contributed by atoms with E-state index in [1.807, 2.05) is 0 Å². The summed E-state index contributed by atoms with van der Waals surface area (Å²) in [6, 6.07) is 3.54. The maximum atomic E-state index is 13.0. The van der Waals surface area contributed by atoms with Crippen LogP contribution in [0.25, 0.3) is 28.4 Å². The van der Waals surface area contributed by atoms with Crippen LogP contribution in [-0.4, -0.2) is 41.9 Å². The molecule has 0 amide bonds. The molecule has 1 aliphatic heterocycles. The van der Waals surface area contributed by atoms with Gasteiger partial charge in [-0.25, -0.2) is 9.78 Å². The summed E-state index contributed by atoms with van der Waals surface area (Å²) in [6.07, 6.45) is 6.92. The lowest BCUT2D eigenvalue weighted by molar-refractivity contribution is 0.141. The molecule has 1 aliphatic rings. The molecule has 1 atom stereocenters. The van der Waals surface area contributed by atoms with Gasteiger partial charge in [-0.1, -0.05) is 0 Å². The van der Waals surface area contributed by atoms with Gasteiger partial charge in [0, 0.05) is 26.8 Å². The highest BCUT2D eigenvalue weighted by Crippen LogP contribution is 2.24. The lowest BCUT2D eigenvalue weighted by Crippen LogP contribution is -2.22. The van der Waals surface area contributed by atoms with E-state index in [4.69, 9.17) is 14.9 Å². The Hall–Kier alpha value is -3.14. The largest absolute Gasteiger partial charge is 0.461 e. The Labute approximate surface area is 172 Å². The van der Waals surface area contributed by atoms with Gasteiger partial charge in [0.15, 0.2) is 17.1 Å². The minimum atomic E-state index is -0.128. The van der Waals surface area contributed by atoms with Crippen molar-refractivity contribution in [2.45, 2.75) is 38.6 Å². The highest BCUT2D eigenvalue weighted by atomic mass is 16.5. The third-order valence-electron chi connectivity index (χ3n) is 5.88. The van der Waals surface area contributed by atoms with Crippen LogP contribution >= 0.6 is 0 Å². The molecule has 4 aromatic rings. The first-order valence-electron chi connectivity index (χ1n) is 10.4. The summed E-state index contributed by atoms with van der Waals surface area (Å²) in [5.41, 5.74) is 7.67. The second-order valence-corrected chi connectivity index (χ2v) is 7.84. The fraction of sp³-hybridized carbons (Fsp3) is 0.500. The fourth-order valence-electron chi connectivity index (χ4n) is 4.30. The van der Waals surface area contributed by atoms with Crippen LogP contribution in [0.1, 0.15) is 32.1 Å². The van der Waals surface area contributed by atoms with Crippen LogP contribution in [0.2, 0.25) is 0 Å². The second-order valence-electron chi connectivity index (χ2n) is 7.84. The number of anilines is 1. The van der Waals surface area contributed by atoms with Crippen molar-refractivity contribution in [3.8, 4) is 11.6 Å². The molecule has 10 nitrogen and oxygen atoms in total. The van der Waals surface area contributed by atoms with Crippen molar-refractivity contribution >= 4 is 22.8 Å². The van der Waals surface area contributed by atoms with Crippen LogP contribution < -0.4 is 11.4 Å². The smallest absolute Gasteiger partial charge is 0.330 e. The van der Waals surface area contributed by atoms with Crippen LogP contribution in [0, 0.1) is 5.92 Å². The van der Waals surface area contributed by atoms with Gasteiger partial charge in [0.2, 0.25) is 11.8 Å². The summed E-state index contributed by atoms with van der Waals surface area (Å²) >= 11 is 0. The van der Waals surface area contributed by atoms with E-state index in [-0.39, 0.29) is 11.6 Å². The molecular weight excluding hydrogens is 386 g/mol. The molecule has 2 N–H and O–H groups in total. The normalized spacial score (nSPS) is 17.7. The first kappa shape index (κ1) is 18.9. The molecule has 0 bridgehead atoms. The van der Waals surface area contributed by atoms with Gasteiger partial charge in [-0.2, -0.15) is 9.50 Å². The van der Waals surface area contributed by atoms with Crippen LogP contribution in [0.4, 0.5) is 5.95 Å². The maximum absolute atomic E-state index is 13.0. The van der Waals surface area contributed by atoms with E-state index in [1.54, 1.807) is 34.6 Å². The van der Waals surface area contributed by atoms with Crippen molar-refractivity contribution in [1.82, 2.24) is 28.7 Å². The predicted molar refractivity (Wildman–Crippen MR) is 111 cm³/mol. The Morgan fingerprint density at radius 1 is 1.23 bits per heavy atom.